The third-order valence-corrected chi connectivity index (χ3v) is 5.00. The summed E-state index contributed by atoms with van der Waals surface area (Å²) in [6.07, 6.45) is 3.42. The molecule has 9 heteroatoms. The van der Waals surface area contributed by atoms with E-state index in [2.05, 4.69) is 25.1 Å². The fourth-order valence-corrected chi connectivity index (χ4v) is 3.24. The number of pyridine rings is 1. The number of benzene rings is 1. The molecule has 3 heterocycles. The molecule has 4 aromatic rings. The summed E-state index contributed by atoms with van der Waals surface area (Å²) >= 11 is 1.26. The molecule has 0 aliphatic rings. The van der Waals surface area contributed by atoms with Gasteiger partial charge in [0.15, 0.2) is 12.4 Å². The van der Waals surface area contributed by atoms with Crippen molar-refractivity contribution < 1.29 is 13.5 Å². The third kappa shape index (κ3) is 4.57. The number of aryl methyl sites for hydroxylation is 1. The van der Waals surface area contributed by atoms with Gasteiger partial charge in [-0.25, -0.2) is 14.4 Å². The Balaban J connectivity index is 1.49. The molecule has 0 saturated carbocycles. The number of ether oxygens (including phenoxy) is 1. The van der Waals surface area contributed by atoms with Crippen LogP contribution in [0, 0.1) is 19.7 Å². The van der Waals surface area contributed by atoms with Crippen molar-refractivity contribution in [3.05, 3.63) is 71.8 Å². The van der Waals surface area contributed by atoms with E-state index in [0.29, 0.717) is 22.7 Å². The van der Waals surface area contributed by atoms with Gasteiger partial charge in [-0.05, 0) is 62.0 Å². The molecule has 0 fully saturated rings. The van der Waals surface area contributed by atoms with E-state index in [0.717, 1.165) is 21.8 Å². The maximum atomic E-state index is 12.9. The van der Waals surface area contributed by atoms with Crippen LogP contribution < -0.4 is 4.74 Å². The molecule has 29 heavy (non-hydrogen) atoms. The van der Waals surface area contributed by atoms with Crippen LogP contribution in [-0.2, 0) is 6.61 Å². The zero-order valence-corrected chi connectivity index (χ0v) is 16.5. The Labute approximate surface area is 170 Å². The van der Waals surface area contributed by atoms with Crippen molar-refractivity contribution >= 4 is 11.8 Å². The predicted molar refractivity (Wildman–Crippen MR) is 104 cm³/mol. The highest BCUT2D eigenvalue weighted by Gasteiger charge is 2.15. The Morgan fingerprint density at radius 3 is 2.66 bits per heavy atom. The minimum absolute atomic E-state index is 0.0852. The number of rotatable bonds is 6. The lowest BCUT2D eigenvalue weighted by Gasteiger charge is -2.08. The first-order valence-corrected chi connectivity index (χ1v) is 9.54. The third-order valence-electron chi connectivity index (χ3n) is 4.07. The van der Waals surface area contributed by atoms with E-state index < -0.39 is 0 Å². The molecule has 0 aliphatic heterocycles. The molecule has 0 bridgehead atoms. The second-order valence-corrected chi connectivity index (χ2v) is 7.05. The molecule has 0 spiro atoms. The maximum Gasteiger partial charge on any atom is 0.283 e. The van der Waals surface area contributed by atoms with E-state index in [-0.39, 0.29) is 12.4 Å². The topological polar surface area (TPSA) is 86.8 Å². The molecule has 0 unspecified atom stereocenters. The van der Waals surface area contributed by atoms with Gasteiger partial charge in [-0.2, -0.15) is 0 Å². The Hall–Kier alpha value is -3.33. The smallest absolute Gasteiger partial charge is 0.283 e. The van der Waals surface area contributed by atoms with E-state index in [9.17, 15) is 4.39 Å². The number of aromatic nitrogens is 5. The van der Waals surface area contributed by atoms with Crippen LogP contribution in [0.25, 0.3) is 11.4 Å². The molecule has 146 valence electrons. The summed E-state index contributed by atoms with van der Waals surface area (Å²) in [5.41, 5.74) is 2.63. The van der Waals surface area contributed by atoms with Gasteiger partial charge in [0.25, 0.3) is 11.1 Å². The van der Waals surface area contributed by atoms with Crippen LogP contribution in [0.2, 0.25) is 0 Å². The Morgan fingerprint density at radius 2 is 1.90 bits per heavy atom. The Morgan fingerprint density at radius 1 is 1.07 bits per heavy atom. The van der Waals surface area contributed by atoms with Crippen LogP contribution in [0.15, 0.2) is 63.5 Å². The fraction of sp³-hybridized carbons (Fsp3) is 0.150. The van der Waals surface area contributed by atoms with Crippen LogP contribution in [0.5, 0.6) is 5.75 Å². The van der Waals surface area contributed by atoms with Gasteiger partial charge in [0.2, 0.25) is 0 Å². The highest BCUT2D eigenvalue weighted by molar-refractivity contribution is 7.99. The minimum Gasteiger partial charge on any atom is -0.484 e. The first-order chi connectivity index (χ1) is 14.1. The van der Waals surface area contributed by atoms with Crippen LogP contribution >= 0.6 is 11.8 Å². The highest BCUT2D eigenvalue weighted by atomic mass is 32.2. The maximum absolute atomic E-state index is 12.9. The first-order valence-electron chi connectivity index (χ1n) is 8.73. The first kappa shape index (κ1) is 19.0. The van der Waals surface area contributed by atoms with E-state index in [1.165, 1.54) is 36.0 Å². The molecule has 0 aliphatic carbocycles. The lowest BCUT2D eigenvalue weighted by Crippen LogP contribution is -1.98. The zero-order chi connectivity index (χ0) is 20.2. The average molecular weight is 409 g/mol. The van der Waals surface area contributed by atoms with Gasteiger partial charge in [0.1, 0.15) is 16.6 Å². The number of nitrogens with zero attached hydrogens (tertiary/aromatic N) is 5. The molecular formula is C20H16FN5O2S. The molecule has 0 saturated heterocycles. The number of halogens is 1. The Bertz CT molecular complexity index is 1120. The van der Waals surface area contributed by atoms with Crippen molar-refractivity contribution in [2.24, 2.45) is 0 Å². The van der Waals surface area contributed by atoms with E-state index in [1.54, 1.807) is 12.4 Å². The lowest BCUT2D eigenvalue weighted by molar-refractivity contribution is 0.252. The van der Waals surface area contributed by atoms with Crippen LogP contribution in [0.1, 0.15) is 17.1 Å². The van der Waals surface area contributed by atoms with Gasteiger partial charge in [-0.1, -0.05) is 0 Å². The Kier molecular flexibility index (Phi) is 5.48. The van der Waals surface area contributed by atoms with Crippen molar-refractivity contribution in [2.75, 3.05) is 0 Å². The minimum atomic E-state index is -0.324. The monoisotopic (exact) mass is 409 g/mol. The van der Waals surface area contributed by atoms with Gasteiger partial charge in [0, 0.05) is 29.2 Å². The predicted octanol–water partition coefficient (Wildman–Crippen LogP) is 4.41. The summed E-state index contributed by atoms with van der Waals surface area (Å²) in [5.74, 6) is 1.09. The fourth-order valence-electron chi connectivity index (χ4n) is 2.42. The van der Waals surface area contributed by atoms with Crippen molar-refractivity contribution in [3.63, 3.8) is 0 Å². The van der Waals surface area contributed by atoms with Crippen LogP contribution in [-0.4, -0.2) is 25.1 Å². The second-order valence-electron chi connectivity index (χ2n) is 6.11. The molecule has 0 amide bonds. The van der Waals surface area contributed by atoms with E-state index in [4.69, 9.17) is 9.15 Å². The van der Waals surface area contributed by atoms with Crippen LogP contribution in [0.4, 0.5) is 4.39 Å². The summed E-state index contributed by atoms with van der Waals surface area (Å²) in [6, 6.07) is 9.47. The van der Waals surface area contributed by atoms with Gasteiger partial charge < -0.3 is 9.15 Å². The summed E-state index contributed by atoms with van der Waals surface area (Å²) < 4.78 is 24.1. The van der Waals surface area contributed by atoms with Crippen molar-refractivity contribution in [1.29, 1.82) is 0 Å². The molecule has 3 aromatic heterocycles. The summed E-state index contributed by atoms with van der Waals surface area (Å²) in [5, 5.41) is 9.11. The SMILES string of the molecule is Cc1nc(-c2cccnc2)nc(Sc2nnc(COc3ccc(F)cc3)o2)c1C. The quantitative estimate of drug-likeness (QED) is 0.433. The van der Waals surface area contributed by atoms with Gasteiger partial charge in [-0.15, -0.1) is 10.2 Å². The molecular weight excluding hydrogens is 393 g/mol. The molecule has 1 aromatic carbocycles. The van der Waals surface area contributed by atoms with E-state index in [1.807, 2.05) is 26.0 Å². The second kappa shape index (κ2) is 8.36. The van der Waals surface area contributed by atoms with Gasteiger partial charge >= 0.3 is 0 Å². The lowest BCUT2D eigenvalue weighted by atomic mass is 10.2. The van der Waals surface area contributed by atoms with Gasteiger partial charge in [-0.3, -0.25) is 4.98 Å². The van der Waals surface area contributed by atoms with Crippen molar-refractivity contribution in [2.45, 2.75) is 30.7 Å². The van der Waals surface area contributed by atoms with Gasteiger partial charge in [0.05, 0.1) is 0 Å². The molecule has 0 radical (unpaired) electrons. The molecule has 0 N–H and O–H groups in total. The molecule has 4 rings (SSSR count). The molecule has 0 atom stereocenters. The zero-order valence-electron chi connectivity index (χ0n) is 15.7. The largest absolute Gasteiger partial charge is 0.484 e. The summed E-state index contributed by atoms with van der Waals surface area (Å²) in [7, 11) is 0. The average Bonchev–Trinajstić information content (AvgIpc) is 3.19. The highest BCUT2D eigenvalue weighted by Crippen LogP contribution is 2.30. The van der Waals surface area contributed by atoms with Crippen molar-refractivity contribution in [1.82, 2.24) is 25.1 Å². The number of hydrogen-bond acceptors (Lipinski definition) is 8. The van der Waals surface area contributed by atoms with E-state index >= 15 is 0 Å². The normalized spacial score (nSPS) is 10.9. The standard InChI is InChI=1S/C20H16FN5O2S/c1-12-13(2)23-18(14-4-3-9-22-10-14)24-19(12)29-20-26-25-17(28-20)11-27-16-7-5-15(21)6-8-16/h3-10H,11H2,1-2H3. The van der Waals surface area contributed by atoms with Crippen molar-refractivity contribution in [3.8, 4) is 17.1 Å². The summed E-state index contributed by atoms with van der Waals surface area (Å²) in [6.45, 7) is 3.96. The molecule has 7 nitrogen and oxygen atoms in total. The number of hydrogen-bond donors (Lipinski definition) is 0. The summed E-state index contributed by atoms with van der Waals surface area (Å²) in [4.78, 5) is 13.3. The van der Waals surface area contributed by atoms with Crippen LogP contribution in [0.3, 0.4) is 0 Å².